The number of benzene rings is 1. The molecule has 1 aromatic carbocycles. The van der Waals surface area contributed by atoms with E-state index in [2.05, 4.69) is 32.6 Å². The summed E-state index contributed by atoms with van der Waals surface area (Å²) in [6.07, 6.45) is 4.64. The maximum Gasteiger partial charge on any atom is 0.258 e. The zero-order valence-corrected chi connectivity index (χ0v) is 17.1. The topological polar surface area (TPSA) is 94.0 Å². The van der Waals surface area contributed by atoms with Crippen molar-refractivity contribution in [1.29, 1.82) is 0 Å². The van der Waals surface area contributed by atoms with E-state index in [1.165, 1.54) is 36.0 Å². The Balaban J connectivity index is 1.57. The fourth-order valence-corrected chi connectivity index (χ4v) is 2.96. The number of ether oxygens (including phenoxy) is 1. The van der Waals surface area contributed by atoms with Crippen LogP contribution < -0.4 is 15.4 Å². The molecule has 2 heterocycles. The van der Waals surface area contributed by atoms with E-state index in [1.54, 1.807) is 10.9 Å². The molecule has 154 valence electrons. The third-order valence-corrected chi connectivity index (χ3v) is 4.58. The van der Waals surface area contributed by atoms with Crippen LogP contribution in [0.15, 0.2) is 35.6 Å². The first-order chi connectivity index (χ1) is 14.1. The van der Waals surface area contributed by atoms with Gasteiger partial charge in [-0.25, -0.2) is 19.0 Å². The van der Waals surface area contributed by atoms with E-state index in [0.717, 1.165) is 29.8 Å². The van der Waals surface area contributed by atoms with Gasteiger partial charge in [0.05, 0.1) is 18.1 Å². The maximum atomic E-state index is 12.9. The van der Waals surface area contributed by atoms with Crippen LogP contribution >= 0.6 is 11.8 Å². The highest BCUT2D eigenvalue weighted by molar-refractivity contribution is 7.98. The fraction of sp³-hybridized carbons (Fsp3) is 0.368. The molecule has 0 radical (unpaired) electrons. The van der Waals surface area contributed by atoms with E-state index >= 15 is 0 Å². The van der Waals surface area contributed by atoms with Gasteiger partial charge in [-0.15, -0.1) is 0 Å². The van der Waals surface area contributed by atoms with E-state index in [9.17, 15) is 9.18 Å². The lowest BCUT2D eigenvalue weighted by Crippen LogP contribution is -2.31. The third-order valence-electron chi connectivity index (χ3n) is 4.03. The van der Waals surface area contributed by atoms with E-state index in [0.29, 0.717) is 24.0 Å². The Hall–Kier alpha value is -2.88. The number of hydrogen-bond donors (Lipinski definition) is 2. The Labute approximate surface area is 172 Å². The van der Waals surface area contributed by atoms with Gasteiger partial charge in [0, 0.05) is 13.1 Å². The van der Waals surface area contributed by atoms with Crippen molar-refractivity contribution < 1.29 is 13.9 Å². The van der Waals surface area contributed by atoms with Crippen LogP contribution in [0.2, 0.25) is 0 Å². The Bertz CT molecular complexity index is 963. The Morgan fingerprint density at radius 3 is 2.76 bits per heavy atom. The zero-order valence-electron chi connectivity index (χ0n) is 16.3. The minimum absolute atomic E-state index is 0.143. The second kappa shape index (κ2) is 10.1. The summed E-state index contributed by atoms with van der Waals surface area (Å²) < 4.78 is 20.0. The molecule has 0 spiro atoms. The maximum absolute atomic E-state index is 12.9. The molecule has 2 N–H and O–H groups in total. The van der Waals surface area contributed by atoms with Gasteiger partial charge in [-0.05, 0) is 36.9 Å². The number of nitrogens with zero attached hydrogens (tertiary/aromatic N) is 4. The highest BCUT2D eigenvalue weighted by Crippen LogP contribution is 2.23. The smallest absolute Gasteiger partial charge is 0.258 e. The normalized spacial score (nSPS) is 10.9. The molecule has 3 aromatic rings. The summed E-state index contributed by atoms with van der Waals surface area (Å²) in [7, 11) is 0. The highest BCUT2D eigenvalue weighted by atomic mass is 32.2. The monoisotopic (exact) mass is 418 g/mol. The molecule has 0 aliphatic rings. The molecule has 0 unspecified atom stereocenters. The molecule has 0 fully saturated rings. The van der Waals surface area contributed by atoms with Crippen LogP contribution in [0.4, 0.5) is 10.2 Å². The van der Waals surface area contributed by atoms with Gasteiger partial charge in [0.1, 0.15) is 17.4 Å². The number of anilines is 1. The molecule has 3 rings (SSSR count). The SMILES string of the molecule is CCCNc1nc(SC)nc2c1cnn2CCNC(=O)COc1ccc(F)cc1. The molecule has 0 saturated carbocycles. The number of thioether (sulfide) groups is 1. The number of rotatable bonds is 10. The molecular weight excluding hydrogens is 395 g/mol. The fourth-order valence-electron chi connectivity index (χ4n) is 2.60. The Morgan fingerprint density at radius 1 is 1.24 bits per heavy atom. The van der Waals surface area contributed by atoms with Crippen LogP contribution in [0.25, 0.3) is 11.0 Å². The number of nitrogens with one attached hydrogen (secondary N) is 2. The lowest BCUT2D eigenvalue weighted by molar-refractivity contribution is -0.123. The van der Waals surface area contributed by atoms with Crippen LogP contribution in [0.3, 0.4) is 0 Å². The zero-order chi connectivity index (χ0) is 20.6. The summed E-state index contributed by atoms with van der Waals surface area (Å²) in [4.78, 5) is 21.0. The van der Waals surface area contributed by atoms with Gasteiger partial charge < -0.3 is 15.4 Å². The average molecular weight is 418 g/mol. The first-order valence-electron chi connectivity index (χ1n) is 9.27. The van der Waals surface area contributed by atoms with Gasteiger partial charge in [-0.3, -0.25) is 4.79 Å². The molecule has 8 nitrogen and oxygen atoms in total. The van der Waals surface area contributed by atoms with Crippen molar-refractivity contribution in [2.24, 2.45) is 0 Å². The van der Waals surface area contributed by atoms with Gasteiger partial charge in [-0.2, -0.15) is 5.10 Å². The predicted molar refractivity (Wildman–Crippen MR) is 111 cm³/mol. The van der Waals surface area contributed by atoms with Crippen LogP contribution in [-0.4, -0.2) is 51.6 Å². The number of hydrogen-bond acceptors (Lipinski definition) is 7. The Kier molecular flexibility index (Phi) is 7.23. The van der Waals surface area contributed by atoms with Crippen LogP contribution in [-0.2, 0) is 11.3 Å². The molecule has 0 aliphatic heterocycles. The lowest BCUT2D eigenvalue weighted by atomic mass is 10.3. The summed E-state index contributed by atoms with van der Waals surface area (Å²) in [5.41, 5.74) is 0.722. The number of aromatic nitrogens is 4. The number of fused-ring (bicyclic) bond motifs is 1. The van der Waals surface area contributed by atoms with Gasteiger partial charge >= 0.3 is 0 Å². The quantitative estimate of drug-likeness (QED) is 0.386. The highest BCUT2D eigenvalue weighted by Gasteiger charge is 2.13. The second-order valence-electron chi connectivity index (χ2n) is 6.18. The van der Waals surface area contributed by atoms with Gasteiger partial charge in [0.2, 0.25) is 0 Å². The minimum atomic E-state index is -0.352. The van der Waals surface area contributed by atoms with Crippen LogP contribution in [0.1, 0.15) is 13.3 Å². The van der Waals surface area contributed by atoms with Gasteiger partial charge in [0.15, 0.2) is 17.4 Å². The summed E-state index contributed by atoms with van der Waals surface area (Å²) in [6, 6.07) is 5.52. The van der Waals surface area contributed by atoms with E-state index < -0.39 is 0 Å². The summed E-state index contributed by atoms with van der Waals surface area (Å²) in [5.74, 6) is 0.586. The van der Waals surface area contributed by atoms with Crippen molar-refractivity contribution >= 4 is 34.5 Å². The van der Waals surface area contributed by atoms with Crippen molar-refractivity contribution in [2.45, 2.75) is 25.0 Å². The van der Waals surface area contributed by atoms with Gasteiger partial charge in [0.25, 0.3) is 5.91 Å². The number of carbonyl (C=O) groups excluding carboxylic acids is 1. The van der Waals surface area contributed by atoms with E-state index in [4.69, 9.17) is 4.74 Å². The summed E-state index contributed by atoms with van der Waals surface area (Å²) in [6.45, 7) is 3.60. The summed E-state index contributed by atoms with van der Waals surface area (Å²) >= 11 is 1.46. The molecule has 0 aliphatic carbocycles. The Morgan fingerprint density at radius 2 is 2.03 bits per heavy atom. The lowest BCUT2D eigenvalue weighted by Gasteiger charge is -2.09. The molecule has 10 heteroatoms. The molecule has 1 amide bonds. The van der Waals surface area contributed by atoms with E-state index in [1.807, 2.05) is 6.26 Å². The molecule has 0 bridgehead atoms. The standard InChI is InChI=1S/C19H23FN6O2S/c1-3-8-22-17-15-11-23-26(18(15)25-19(24-17)29-2)10-9-21-16(27)12-28-14-6-4-13(20)5-7-14/h4-7,11H,3,8-10,12H2,1-2H3,(H,21,27)(H,22,24,25). The first kappa shape index (κ1) is 20.8. The number of amides is 1. The van der Waals surface area contributed by atoms with Crippen LogP contribution in [0, 0.1) is 5.82 Å². The predicted octanol–water partition coefficient (Wildman–Crippen LogP) is 2.70. The number of halogens is 1. The van der Waals surface area contributed by atoms with Crippen molar-refractivity contribution in [3.05, 3.63) is 36.3 Å². The van der Waals surface area contributed by atoms with Crippen molar-refractivity contribution in [3.63, 3.8) is 0 Å². The van der Waals surface area contributed by atoms with Crippen molar-refractivity contribution in [3.8, 4) is 5.75 Å². The number of carbonyl (C=O) groups is 1. The molecule has 0 atom stereocenters. The molecule has 0 saturated heterocycles. The summed E-state index contributed by atoms with van der Waals surface area (Å²) in [5, 5.41) is 12.0. The largest absolute Gasteiger partial charge is 0.484 e. The molecular formula is C19H23FN6O2S. The van der Waals surface area contributed by atoms with Crippen molar-refractivity contribution in [1.82, 2.24) is 25.1 Å². The van der Waals surface area contributed by atoms with Gasteiger partial charge in [-0.1, -0.05) is 18.7 Å². The first-order valence-corrected chi connectivity index (χ1v) is 10.5. The second-order valence-corrected chi connectivity index (χ2v) is 6.96. The van der Waals surface area contributed by atoms with E-state index in [-0.39, 0.29) is 18.3 Å². The third kappa shape index (κ3) is 5.57. The molecule has 29 heavy (non-hydrogen) atoms. The van der Waals surface area contributed by atoms with Crippen molar-refractivity contribution in [2.75, 3.05) is 31.3 Å². The minimum Gasteiger partial charge on any atom is -0.484 e. The molecule has 2 aromatic heterocycles. The van der Waals surface area contributed by atoms with Crippen LogP contribution in [0.5, 0.6) is 5.75 Å². The average Bonchev–Trinajstić information content (AvgIpc) is 3.14.